The maximum atomic E-state index is 12.7. The van der Waals surface area contributed by atoms with Gasteiger partial charge in [0.25, 0.3) is 0 Å². The Morgan fingerprint density at radius 1 is 1.55 bits per heavy atom. The predicted molar refractivity (Wildman–Crippen MR) is 37.0 cm³/mol. The standard InChI is InChI=1S/C7H8FNO2/c8-7-2-1-6(10)3-5(7)4-11-9/h1-3,10H,4,9H2. The highest BCUT2D eigenvalue weighted by atomic mass is 19.1. The van der Waals surface area contributed by atoms with Crippen LogP contribution < -0.4 is 5.90 Å². The first-order valence-corrected chi connectivity index (χ1v) is 3.03. The van der Waals surface area contributed by atoms with E-state index in [0.29, 0.717) is 0 Å². The van der Waals surface area contributed by atoms with Crippen LogP contribution in [-0.2, 0) is 11.4 Å². The van der Waals surface area contributed by atoms with Crippen LogP contribution in [-0.4, -0.2) is 5.11 Å². The van der Waals surface area contributed by atoms with Gasteiger partial charge in [-0.15, -0.1) is 0 Å². The van der Waals surface area contributed by atoms with Gasteiger partial charge in [-0.1, -0.05) is 0 Å². The normalized spacial score (nSPS) is 10.0. The van der Waals surface area contributed by atoms with Crippen molar-refractivity contribution < 1.29 is 14.3 Å². The average Bonchev–Trinajstić information content (AvgIpc) is 1.98. The van der Waals surface area contributed by atoms with Gasteiger partial charge in [0.05, 0.1) is 6.61 Å². The van der Waals surface area contributed by atoms with Gasteiger partial charge < -0.3 is 5.11 Å². The first kappa shape index (κ1) is 7.97. The Bertz CT molecular complexity index is 252. The van der Waals surface area contributed by atoms with Crippen LogP contribution in [0.1, 0.15) is 5.56 Å². The van der Waals surface area contributed by atoms with E-state index in [1.165, 1.54) is 12.1 Å². The molecule has 0 spiro atoms. The van der Waals surface area contributed by atoms with Crippen molar-refractivity contribution in [3.8, 4) is 5.75 Å². The smallest absolute Gasteiger partial charge is 0.129 e. The summed E-state index contributed by atoms with van der Waals surface area (Å²) in [6.07, 6.45) is 0. The summed E-state index contributed by atoms with van der Waals surface area (Å²) in [5, 5.41) is 8.90. The molecule has 60 valence electrons. The monoisotopic (exact) mass is 157 g/mol. The molecule has 1 aromatic rings. The van der Waals surface area contributed by atoms with E-state index < -0.39 is 5.82 Å². The zero-order valence-electron chi connectivity index (χ0n) is 5.75. The van der Waals surface area contributed by atoms with Crippen molar-refractivity contribution >= 4 is 0 Å². The molecule has 0 heterocycles. The van der Waals surface area contributed by atoms with Crippen LogP contribution >= 0.6 is 0 Å². The Labute approximate surface area is 63.2 Å². The molecule has 3 N–H and O–H groups in total. The topological polar surface area (TPSA) is 55.5 Å². The van der Waals surface area contributed by atoms with E-state index in [1.807, 2.05) is 0 Å². The minimum atomic E-state index is -0.437. The Hall–Kier alpha value is -1.13. The van der Waals surface area contributed by atoms with Gasteiger partial charge in [0.2, 0.25) is 0 Å². The number of hydrogen-bond acceptors (Lipinski definition) is 3. The Morgan fingerprint density at radius 3 is 2.91 bits per heavy atom. The number of halogens is 1. The van der Waals surface area contributed by atoms with Gasteiger partial charge in [-0.05, 0) is 18.2 Å². The first-order valence-electron chi connectivity index (χ1n) is 3.03. The number of phenols is 1. The zero-order valence-corrected chi connectivity index (χ0v) is 5.75. The third kappa shape index (κ3) is 1.89. The Balaban J connectivity index is 2.93. The van der Waals surface area contributed by atoms with Gasteiger partial charge in [-0.2, -0.15) is 0 Å². The second kappa shape index (κ2) is 3.32. The van der Waals surface area contributed by atoms with E-state index >= 15 is 0 Å². The molecule has 3 nitrogen and oxygen atoms in total. The maximum Gasteiger partial charge on any atom is 0.129 e. The summed E-state index contributed by atoms with van der Waals surface area (Å²) in [6, 6.07) is 3.68. The van der Waals surface area contributed by atoms with E-state index in [9.17, 15) is 4.39 Å². The summed E-state index contributed by atoms with van der Waals surface area (Å²) in [5.41, 5.74) is 0.243. The molecule has 1 aromatic carbocycles. The average molecular weight is 157 g/mol. The van der Waals surface area contributed by atoms with Crippen LogP contribution in [0.15, 0.2) is 18.2 Å². The molecule has 1 rings (SSSR count). The molecule has 0 aliphatic carbocycles. The quantitative estimate of drug-likeness (QED) is 0.627. The van der Waals surface area contributed by atoms with Crippen LogP contribution in [0.3, 0.4) is 0 Å². The number of nitrogens with two attached hydrogens (primary N) is 1. The van der Waals surface area contributed by atoms with Crippen molar-refractivity contribution in [3.05, 3.63) is 29.6 Å². The van der Waals surface area contributed by atoms with Crippen molar-refractivity contribution in [3.63, 3.8) is 0 Å². The zero-order chi connectivity index (χ0) is 8.27. The number of hydrogen-bond donors (Lipinski definition) is 2. The van der Waals surface area contributed by atoms with Gasteiger partial charge in [0.15, 0.2) is 0 Å². The van der Waals surface area contributed by atoms with Crippen LogP contribution in [0, 0.1) is 5.82 Å². The van der Waals surface area contributed by atoms with Crippen molar-refractivity contribution in [2.45, 2.75) is 6.61 Å². The second-order valence-electron chi connectivity index (χ2n) is 2.09. The van der Waals surface area contributed by atoms with Crippen molar-refractivity contribution in [2.75, 3.05) is 0 Å². The fourth-order valence-corrected chi connectivity index (χ4v) is 0.762. The van der Waals surface area contributed by atoms with E-state index in [-0.39, 0.29) is 17.9 Å². The Morgan fingerprint density at radius 2 is 2.27 bits per heavy atom. The van der Waals surface area contributed by atoms with Crippen molar-refractivity contribution in [2.24, 2.45) is 5.90 Å². The molecule has 0 bridgehead atoms. The summed E-state index contributed by atoms with van der Waals surface area (Å²) >= 11 is 0. The highest BCUT2D eigenvalue weighted by molar-refractivity contribution is 5.27. The summed E-state index contributed by atoms with van der Waals surface area (Å²) in [7, 11) is 0. The van der Waals surface area contributed by atoms with Crippen molar-refractivity contribution in [1.29, 1.82) is 0 Å². The number of phenolic OH excluding ortho intramolecular Hbond substituents is 1. The first-order chi connectivity index (χ1) is 5.24. The number of aromatic hydroxyl groups is 1. The lowest BCUT2D eigenvalue weighted by atomic mass is 10.2. The summed E-state index contributed by atoms with van der Waals surface area (Å²) in [5.74, 6) is 4.29. The van der Waals surface area contributed by atoms with Crippen LogP contribution in [0.5, 0.6) is 5.75 Å². The maximum absolute atomic E-state index is 12.7. The van der Waals surface area contributed by atoms with Gasteiger partial charge in [-0.25, -0.2) is 10.3 Å². The summed E-state index contributed by atoms with van der Waals surface area (Å²) in [4.78, 5) is 4.21. The van der Waals surface area contributed by atoms with Crippen LogP contribution in [0.25, 0.3) is 0 Å². The van der Waals surface area contributed by atoms with Gasteiger partial charge in [0.1, 0.15) is 11.6 Å². The predicted octanol–water partition coefficient (Wildman–Crippen LogP) is 0.922. The molecule has 0 radical (unpaired) electrons. The van der Waals surface area contributed by atoms with Gasteiger partial charge in [-0.3, -0.25) is 4.84 Å². The van der Waals surface area contributed by atoms with E-state index in [4.69, 9.17) is 11.0 Å². The van der Waals surface area contributed by atoms with Crippen LogP contribution in [0.2, 0.25) is 0 Å². The molecular formula is C7H8FNO2. The number of benzene rings is 1. The molecule has 0 aliphatic rings. The van der Waals surface area contributed by atoms with Crippen LogP contribution in [0.4, 0.5) is 4.39 Å². The molecule has 0 saturated heterocycles. The molecule has 0 atom stereocenters. The minimum Gasteiger partial charge on any atom is -0.508 e. The highest BCUT2D eigenvalue weighted by Crippen LogP contribution is 2.15. The molecule has 11 heavy (non-hydrogen) atoms. The fourth-order valence-electron chi connectivity index (χ4n) is 0.762. The van der Waals surface area contributed by atoms with Crippen molar-refractivity contribution in [1.82, 2.24) is 0 Å². The number of rotatable bonds is 2. The highest BCUT2D eigenvalue weighted by Gasteiger charge is 2.01. The molecule has 0 aliphatic heterocycles. The molecule has 0 aromatic heterocycles. The minimum absolute atomic E-state index is 0.00144. The largest absolute Gasteiger partial charge is 0.508 e. The summed E-state index contributed by atoms with van der Waals surface area (Å²) < 4.78 is 12.7. The van der Waals surface area contributed by atoms with E-state index in [1.54, 1.807) is 0 Å². The van der Waals surface area contributed by atoms with E-state index in [2.05, 4.69) is 4.84 Å². The lowest BCUT2D eigenvalue weighted by Crippen LogP contribution is -2.00. The third-order valence-electron chi connectivity index (χ3n) is 1.27. The third-order valence-corrected chi connectivity index (χ3v) is 1.27. The van der Waals surface area contributed by atoms with Gasteiger partial charge in [0, 0.05) is 5.56 Å². The molecule has 0 saturated carbocycles. The molecular weight excluding hydrogens is 149 g/mol. The molecule has 4 heteroatoms. The summed E-state index contributed by atoms with van der Waals surface area (Å²) in [6.45, 7) is -0.0414. The lowest BCUT2D eigenvalue weighted by Gasteiger charge is -2.00. The van der Waals surface area contributed by atoms with Gasteiger partial charge >= 0.3 is 0 Å². The fraction of sp³-hybridized carbons (Fsp3) is 0.143. The molecule has 0 fully saturated rings. The lowest BCUT2D eigenvalue weighted by molar-refractivity contribution is 0.121. The molecule has 0 amide bonds. The molecule has 0 unspecified atom stereocenters. The Kier molecular flexibility index (Phi) is 2.40. The second-order valence-corrected chi connectivity index (χ2v) is 2.09. The SMILES string of the molecule is NOCc1cc(O)ccc1F. The van der Waals surface area contributed by atoms with E-state index in [0.717, 1.165) is 6.07 Å².